The summed E-state index contributed by atoms with van der Waals surface area (Å²) in [4.78, 5) is 13.7. The molecule has 0 fully saturated rings. The minimum atomic E-state index is -0.246. The normalized spacial score (nSPS) is 13.9. The van der Waals surface area contributed by atoms with Gasteiger partial charge in [-0.1, -0.05) is 20.8 Å². The van der Waals surface area contributed by atoms with Crippen molar-refractivity contribution in [3.05, 3.63) is 0 Å². The highest BCUT2D eigenvalue weighted by molar-refractivity contribution is 6.20. The van der Waals surface area contributed by atoms with Gasteiger partial charge in [-0.3, -0.25) is 4.79 Å². The molecule has 0 saturated carbocycles. The first-order valence-corrected chi connectivity index (χ1v) is 5.64. The van der Waals surface area contributed by atoms with E-state index in [1.165, 1.54) is 0 Å². The molecule has 0 aromatic heterocycles. The molecule has 0 aliphatic rings. The van der Waals surface area contributed by atoms with E-state index in [0.29, 0.717) is 0 Å². The van der Waals surface area contributed by atoms with Gasteiger partial charge in [0.2, 0.25) is 5.91 Å². The van der Waals surface area contributed by atoms with E-state index in [1.807, 2.05) is 34.7 Å². The first kappa shape index (κ1) is 13.8. The summed E-state index contributed by atoms with van der Waals surface area (Å²) in [6.07, 6.45) is 1.72. The van der Waals surface area contributed by atoms with Crippen molar-refractivity contribution in [2.45, 2.75) is 45.9 Å². The fourth-order valence-electron chi connectivity index (χ4n) is 1.14. The molecule has 0 radical (unpaired) electrons. The van der Waals surface area contributed by atoms with Crippen molar-refractivity contribution >= 4 is 17.5 Å². The van der Waals surface area contributed by atoms with E-state index in [0.717, 1.165) is 19.4 Å². The smallest absolute Gasteiger partial charge is 0.227 e. The lowest BCUT2D eigenvalue weighted by Crippen LogP contribution is -2.39. The number of rotatable bonds is 5. The monoisotopic (exact) mass is 219 g/mol. The minimum Gasteiger partial charge on any atom is -0.345 e. The third-order valence-electron chi connectivity index (χ3n) is 2.67. The predicted octanol–water partition coefficient (Wildman–Crippen LogP) is 2.90. The molecule has 0 aromatic carbocycles. The van der Waals surface area contributed by atoms with E-state index in [9.17, 15) is 4.79 Å². The molecular formula is C11H22ClNO. The van der Waals surface area contributed by atoms with Crippen LogP contribution in [0.3, 0.4) is 0 Å². The van der Waals surface area contributed by atoms with E-state index in [1.54, 1.807) is 4.90 Å². The molecule has 0 aliphatic carbocycles. The Morgan fingerprint density at radius 2 is 2.00 bits per heavy atom. The van der Waals surface area contributed by atoms with Crippen LogP contribution in [0.15, 0.2) is 0 Å². The highest BCUT2D eigenvalue weighted by atomic mass is 35.5. The minimum absolute atomic E-state index is 0.134. The van der Waals surface area contributed by atoms with Crippen molar-refractivity contribution in [3.8, 4) is 0 Å². The molecule has 0 bridgehead atoms. The Morgan fingerprint density at radius 1 is 1.50 bits per heavy atom. The summed E-state index contributed by atoms with van der Waals surface area (Å²) in [5.41, 5.74) is -0.246. The molecule has 0 N–H and O–H groups in total. The zero-order valence-corrected chi connectivity index (χ0v) is 10.7. The van der Waals surface area contributed by atoms with E-state index in [-0.39, 0.29) is 16.7 Å². The molecule has 0 rings (SSSR count). The Morgan fingerprint density at radius 3 is 2.36 bits per heavy atom. The van der Waals surface area contributed by atoms with Crippen LogP contribution in [0.5, 0.6) is 0 Å². The summed E-state index contributed by atoms with van der Waals surface area (Å²) in [5, 5.41) is 0.134. The van der Waals surface area contributed by atoms with E-state index in [2.05, 4.69) is 0 Å². The Hall–Kier alpha value is -0.240. The second-order valence-corrected chi connectivity index (χ2v) is 5.28. The zero-order chi connectivity index (χ0) is 11.4. The van der Waals surface area contributed by atoms with Crippen LogP contribution < -0.4 is 0 Å². The van der Waals surface area contributed by atoms with E-state index in [4.69, 9.17) is 11.6 Å². The molecule has 0 aliphatic heterocycles. The van der Waals surface area contributed by atoms with Crippen LogP contribution in [0.2, 0.25) is 0 Å². The number of alkyl halides is 1. The van der Waals surface area contributed by atoms with Gasteiger partial charge in [0.25, 0.3) is 0 Å². The molecule has 0 aromatic rings. The first-order chi connectivity index (χ1) is 6.31. The third kappa shape index (κ3) is 4.32. The highest BCUT2D eigenvalue weighted by Gasteiger charge is 2.28. The lowest BCUT2D eigenvalue weighted by molar-refractivity contribution is -0.139. The Labute approximate surface area is 92.6 Å². The van der Waals surface area contributed by atoms with Crippen molar-refractivity contribution in [3.63, 3.8) is 0 Å². The maximum Gasteiger partial charge on any atom is 0.227 e. The Balaban J connectivity index is 4.12. The largest absolute Gasteiger partial charge is 0.345 e. The summed E-state index contributed by atoms with van der Waals surface area (Å²) in [7, 11) is 1.85. The fourth-order valence-corrected chi connectivity index (χ4v) is 1.24. The number of hydrogen-bond donors (Lipinski definition) is 0. The van der Waals surface area contributed by atoms with Crippen molar-refractivity contribution in [2.24, 2.45) is 5.41 Å². The quantitative estimate of drug-likeness (QED) is 0.652. The van der Waals surface area contributed by atoms with Crippen LogP contribution in [0, 0.1) is 5.41 Å². The van der Waals surface area contributed by atoms with Crippen molar-refractivity contribution < 1.29 is 4.79 Å². The Kier molecular flexibility index (Phi) is 5.50. The first-order valence-electron chi connectivity index (χ1n) is 5.21. The van der Waals surface area contributed by atoms with Crippen LogP contribution >= 0.6 is 11.6 Å². The van der Waals surface area contributed by atoms with Gasteiger partial charge in [0.15, 0.2) is 0 Å². The average Bonchev–Trinajstić information content (AvgIpc) is 2.12. The number of hydrogen-bond acceptors (Lipinski definition) is 1. The second kappa shape index (κ2) is 5.59. The number of nitrogens with zero attached hydrogens (tertiary/aromatic N) is 1. The molecule has 14 heavy (non-hydrogen) atoms. The van der Waals surface area contributed by atoms with Crippen molar-refractivity contribution in [1.29, 1.82) is 0 Å². The van der Waals surface area contributed by atoms with Crippen LogP contribution in [0.1, 0.15) is 40.5 Å². The van der Waals surface area contributed by atoms with Gasteiger partial charge in [-0.25, -0.2) is 0 Å². The maximum absolute atomic E-state index is 11.9. The van der Waals surface area contributed by atoms with Crippen molar-refractivity contribution in [2.75, 3.05) is 13.6 Å². The maximum atomic E-state index is 11.9. The number of carbonyl (C=O) groups excluding carboxylic acids is 1. The molecule has 84 valence electrons. The summed E-state index contributed by atoms with van der Waals surface area (Å²) in [6, 6.07) is 0. The van der Waals surface area contributed by atoms with Crippen LogP contribution in [-0.2, 0) is 4.79 Å². The molecule has 2 nitrogen and oxygen atoms in total. The van der Waals surface area contributed by atoms with Crippen LogP contribution in [0.4, 0.5) is 0 Å². The number of halogens is 1. The summed E-state index contributed by atoms with van der Waals surface area (Å²) >= 11 is 5.84. The van der Waals surface area contributed by atoms with Gasteiger partial charge in [0, 0.05) is 24.4 Å². The summed E-state index contributed by atoms with van der Waals surface area (Å²) in [5.74, 6) is 0.206. The van der Waals surface area contributed by atoms with E-state index >= 15 is 0 Å². The number of carbonyl (C=O) groups is 1. The molecule has 0 saturated heterocycles. The van der Waals surface area contributed by atoms with Crippen molar-refractivity contribution in [1.82, 2.24) is 4.90 Å². The van der Waals surface area contributed by atoms with Gasteiger partial charge in [-0.15, -0.1) is 11.6 Å². The second-order valence-electron chi connectivity index (χ2n) is 4.53. The fraction of sp³-hybridized carbons (Fsp3) is 0.909. The standard InChI is InChI=1S/C11H22ClNO/c1-6-11(3,4)10(14)13(5)8-7-9(2)12/h9H,6-8H2,1-5H3. The molecule has 3 heteroatoms. The van der Waals surface area contributed by atoms with Gasteiger partial charge < -0.3 is 4.90 Å². The number of amides is 1. The summed E-state index contributed by atoms with van der Waals surface area (Å²) in [6.45, 7) is 8.69. The molecule has 0 spiro atoms. The van der Waals surface area contributed by atoms with Crippen LogP contribution in [-0.4, -0.2) is 29.8 Å². The van der Waals surface area contributed by atoms with Gasteiger partial charge >= 0.3 is 0 Å². The lowest BCUT2D eigenvalue weighted by atomic mass is 9.88. The molecule has 1 amide bonds. The topological polar surface area (TPSA) is 20.3 Å². The average molecular weight is 220 g/mol. The predicted molar refractivity (Wildman–Crippen MR) is 61.6 cm³/mol. The van der Waals surface area contributed by atoms with Gasteiger partial charge in [0.1, 0.15) is 0 Å². The molecule has 1 atom stereocenters. The zero-order valence-electron chi connectivity index (χ0n) is 9.93. The summed E-state index contributed by atoms with van der Waals surface area (Å²) < 4.78 is 0. The van der Waals surface area contributed by atoms with Crippen LogP contribution in [0.25, 0.3) is 0 Å². The molecule has 0 heterocycles. The van der Waals surface area contributed by atoms with Gasteiger partial charge in [0.05, 0.1) is 0 Å². The molecular weight excluding hydrogens is 198 g/mol. The Bertz CT molecular complexity index is 190. The third-order valence-corrected chi connectivity index (χ3v) is 2.89. The molecule has 1 unspecified atom stereocenters. The van der Waals surface area contributed by atoms with Gasteiger partial charge in [-0.2, -0.15) is 0 Å². The van der Waals surface area contributed by atoms with Gasteiger partial charge in [-0.05, 0) is 19.8 Å². The SMILES string of the molecule is CCC(C)(C)C(=O)N(C)CCC(C)Cl. The lowest BCUT2D eigenvalue weighted by Gasteiger charge is -2.28. The highest BCUT2D eigenvalue weighted by Crippen LogP contribution is 2.22. The van der Waals surface area contributed by atoms with E-state index < -0.39 is 0 Å².